The van der Waals surface area contributed by atoms with Gasteiger partial charge in [-0.05, 0) is 42.7 Å². The zero-order chi connectivity index (χ0) is 23.9. The molecule has 2 aromatic carbocycles. The lowest BCUT2D eigenvalue weighted by Crippen LogP contribution is -3.13. The molecule has 0 aliphatic carbocycles. The first kappa shape index (κ1) is 23.3. The molecule has 2 heterocycles. The van der Waals surface area contributed by atoms with Crippen LogP contribution in [0.1, 0.15) is 23.6 Å². The summed E-state index contributed by atoms with van der Waals surface area (Å²) in [7, 11) is -4.32. The van der Waals surface area contributed by atoms with Crippen LogP contribution in [0.15, 0.2) is 44.4 Å². The standard InChI is InChI=1S/C23H24F2N2O5S/c1-3-15-12-16-14(2)11-20(28)32-22(16)17(21(15)29)13-26-7-9-27(10-8-26)33(30,31)23-18(24)5-4-6-19(23)25/h4-6,11-12,29H,3,7-10,13H2,1-2H3/p+1. The summed E-state index contributed by atoms with van der Waals surface area (Å²) in [5.41, 5.74) is 1.78. The van der Waals surface area contributed by atoms with E-state index in [0.717, 1.165) is 43.9 Å². The Morgan fingerprint density at radius 1 is 1.15 bits per heavy atom. The van der Waals surface area contributed by atoms with Crippen molar-refractivity contribution >= 4 is 21.0 Å². The fourth-order valence-corrected chi connectivity index (χ4v) is 5.88. The highest BCUT2D eigenvalue weighted by Gasteiger charge is 2.35. The number of quaternary nitrogens is 1. The van der Waals surface area contributed by atoms with E-state index in [2.05, 4.69) is 0 Å². The highest BCUT2D eigenvalue weighted by Crippen LogP contribution is 2.32. The number of halogens is 2. The Hall–Kier alpha value is -2.82. The van der Waals surface area contributed by atoms with Crippen LogP contribution in [0.25, 0.3) is 11.0 Å². The van der Waals surface area contributed by atoms with Gasteiger partial charge in [0, 0.05) is 11.5 Å². The number of nitrogens with one attached hydrogen (secondary N) is 1. The van der Waals surface area contributed by atoms with E-state index in [0.29, 0.717) is 37.2 Å². The van der Waals surface area contributed by atoms with Gasteiger partial charge in [-0.1, -0.05) is 13.0 Å². The number of phenols is 1. The molecule has 3 aromatic rings. The summed E-state index contributed by atoms with van der Waals surface area (Å²) in [6.45, 7) is 4.84. The van der Waals surface area contributed by atoms with Gasteiger partial charge in [0.15, 0.2) is 10.5 Å². The smallest absolute Gasteiger partial charge is 0.336 e. The van der Waals surface area contributed by atoms with Gasteiger partial charge >= 0.3 is 5.63 Å². The Balaban J connectivity index is 1.60. The topological polar surface area (TPSA) is 92.3 Å². The predicted octanol–water partition coefficient (Wildman–Crippen LogP) is 1.74. The number of phenolic OH excluding ortho intramolecular Hbond substituents is 1. The number of aromatic hydroxyl groups is 1. The monoisotopic (exact) mass is 479 g/mol. The average Bonchev–Trinajstić information content (AvgIpc) is 2.76. The minimum Gasteiger partial charge on any atom is -0.507 e. The summed E-state index contributed by atoms with van der Waals surface area (Å²) in [6, 6.07) is 6.17. The molecule has 0 bridgehead atoms. The minimum atomic E-state index is -4.32. The number of nitrogens with zero attached hydrogens (tertiary/aromatic N) is 1. The van der Waals surface area contributed by atoms with Gasteiger partial charge in [0.25, 0.3) is 0 Å². The van der Waals surface area contributed by atoms with Crippen LogP contribution < -0.4 is 10.5 Å². The van der Waals surface area contributed by atoms with Crippen LogP contribution >= 0.6 is 0 Å². The van der Waals surface area contributed by atoms with E-state index in [1.54, 1.807) is 6.92 Å². The molecule has 0 spiro atoms. The van der Waals surface area contributed by atoms with Crippen LogP contribution in [0.3, 0.4) is 0 Å². The lowest BCUT2D eigenvalue weighted by atomic mass is 9.99. The van der Waals surface area contributed by atoms with E-state index < -0.39 is 32.2 Å². The molecule has 0 amide bonds. The van der Waals surface area contributed by atoms with Crippen molar-refractivity contribution in [3.63, 3.8) is 0 Å². The van der Waals surface area contributed by atoms with Crippen molar-refractivity contribution in [2.24, 2.45) is 0 Å². The zero-order valence-electron chi connectivity index (χ0n) is 18.3. The number of benzene rings is 2. The molecule has 10 heteroatoms. The van der Waals surface area contributed by atoms with Gasteiger partial charge in [0.05, 0.1) is 31.7 Å². The Morgan fingerprint density at radius 2 is 1.79 bits per heavy atom. The summed E-state index contributed by atoms with van der Waals surface area (Å²) >= 11 is 0. The van der Waals surface area contributed by atoms with E-state index in [1.807, 2.05) is 13.0 Å². The van der Waals surface area contributed by atoms with Crippen LogP contribution in [0.4, 0.5) is 8.78 Å². The molecular formula is C23H25F2N2O5S+. The number of fused-ring (bicyclic) bond motifs is 1. The molecule has 4 rings (SSSR count). The molecule has 2 N–H and O–H groups in total. The summed E-state index contributed by atoms with van der Waals surface area (Å²) in [4.78, 5) is 12.0. The third-order valence-electron chi connectivity index (χ3n) is 6.14. The largest absolute Gasteiger partial charge is 0.507 e. The van der Waals surface area contributed by atoms with E-state index in [4.69, 9.17) is 4.42 Å². The maximum atomic E-state index is 14.1. The molecule has 1 aliphatic rings. The van der Waals surface area contributed by atoms with Crippen molar-refractivity contribution in [3.8, 4) is 5.75 Å². The molecule has 0 unspecified atom stereocenters. The van der Waals surface area contributed by atoms with Gasteiger partial charge in [0.2, 0.25) is 10.0 Å². The minimum absolute atomic E-state index is 0.0561. The van der Waals surface area contributed by atoms with E-state index in [-0.39, 0.29) is 18.8 Å². The maximum Gasteiger partial charge on any atom is 0.336 e. The summed E-state index contributed by atoms with van der Waals surface area (Å²) < 4.78 is 60.3. The Bertz CT molecular complexity index is 1360. The van der Waals surface area contributed by atoms with Crippen LogP contribution in [0.2, 0.25) is 0 Å². The molecule has 33 heavy (non-hydrogen) atoms. The number of rotatable bonds is 5. The molecule has 0 radical (unpaired) electrons. The third kappa shape index (κ3) is 4.25. The second-order valence-electron chi connectivity index (χ2n) is 8.22. The van der Waals surface area contributed by atoms with Gasteiger partial charge in [-0.25, -0.2) is 22.0 Å². The van der Waals surface area contributed by atoms with Crippen LogP contribution in [0, 0.1) is 18.6 Å². The molecule has 0 saturated carbocycles. The second kappa shape index (κ2) is 8.85. The molecule has 1 aliphatic heterocycles. The highest BCUT2D eigenvalue weighted by atomic mass is 32.2. The number of hydrogen-bond acceptors (Lipinski definition) is 5. The number of aryl methyl sites for hydroxylation is 2. The average molecular weight is 480 g/mol. The fraction of sp³-hybridized carbons (Fsp3) is 0.348. The first-order valence-corrected chi connectivity index (χ1v) is 12.1. The van der Waals surface area contributed by atoms with Crippen LogP contribution in [0.5, 0.6) is 5.75 Å². The summed E-state index contributed by atoms with van der Waals surface area (Å²) in [5, 5.41) is 11.6. The van der Waals surface area contributed by atoms with Gasteiger partial charge < -0.3 is 14.4 Å². The van der Waals surface area contributed by atoms with Gasteiger partial charge in [0.1, 0.15) is 23.9 Å². The molecular weight excluding hydrogens is 454 g/mol. The second-order valence-corrected chi connectivity index (χ2v) is 10.1. The van der Waals surface area contributed by atoms with E-state index in [9.17, 15) is 27.1 Å². The first-order chi connectivity index (χ1) is 15.6. The molecule has 1 saturated heterocycles. The number of hydrogen-bond donors (Lipinski definition) is 2. The Morgan fingerprint density at radius 3 is 2.39 bits per heavy atom. The predicted molar refractivity (Wildman–Crippen MR) is 118 cm³/mol. The SMILES string of the molecule is CCc1cc2c(C)cc(=O)oc2c(C[NH+]2CCN(S(=O)(=O)c3c(F)cccc3F)CC2)c1O. The normalized spacial score (nSPS) is 15.9. The quantitative estimate of drug-likeness (QED) is 0.544. The molecule has 0 atom stereocenters. The van der Waals surface area contributed by atoms with Gasteiger partial charge in [-0.15, -0.1) is 0 Å². The first-order valence-electron chi connectivity index (χ1n) is 10.7. The Labute approximate surface area is 189 Å². The van der Waals surface area contributed by atoms with Crippen molar-refractivity contribution in [1.29, 1.82) is 0 Å². The van der Waals surface area contributed by atoms with E-state index >= 15 is 0 Å². The van der Waals surface area contributed by atoms with Crippen LogP contribution in [-0.4, -0.2) is 44.0 Å². The number of sulfonamides is 1. The maximum absolute atomic E-state index is 14.1. The van der Waals surface area contributed by atoms with E-state index in [1.165, 1.54) is 6.07 Å². The van der Waals surface area contributed by atoms with Crippen molar-refractivity contribution < 1.29 is 31.6 Å². The molecule has 1 fully saturated rings. The van der Waals surface area contributed by atoms with Gasteiger partial charge in [-0.2, -0.15) is 4.31 Å². The highest BCUT2D eigenvalue weighted by molar-refractivity contribution is 7.89. The molecule has 176 valence electrons. The van der Waals surface area contributed by atoms with Crippen molar-refractivity contribution in [2.45, 2.75) is 31.7 Å². The summed E-state index contributed by atoms with van der Waals surface area (Å²) in [6.07, 6.45) is 0.586. The Kier molecular flexibility index (Phi) is 6.26. The zero-order valence-corrected chi connectivity index (χ0v) is 19.1. The van der Waals surface area contributed by atoms with Crippen molar-refractivity contribution in [2.75, 3.05) is 26.2 Å². The number of piperazine rings is 1. The molecule has 7 nitrogen and oxygen atoms in total. The van der Waals surface area contributed by atoms with Crippen LogP contribution in [-0.2, 0) is 23.0 Å². The van der Waals surface area contributed by atoms with Crippen molar-refractivity contribution in [3.05, 3.63) is 69.1 Å². The van der Waals surface area contributed by atoms with Gasteiger partial charge in [-0.3, -0.25) is 0 Å². The lowest BCUT2D eigenvalue weighted by molar-refractivity contribution is -0.917. The van der Waals surface area contributed by atoms with Crippen molar-refractivity contribution in [1.82, 2.24) is 4.31 Å². The fourth-order valence-electron chi connectivity index (χ4n) is 4.33. The summed E-state index contributed by atoms with van der Waals surface area (Å²) in [5.74, 6) is -2.18. The molecule has 1 aromatic heterocycles. The third-order valence-corrected chi connectivity index (χ3v) is 8.09. The lowest BCUT2D eigenvalue weighted by Gasteiger charge is -2.32.